The summed E-state index contributed by atoms with van der Waals surface area (Å²) in [6.45, 7) is 3.58. The maximum Gasteiger partial charge on any atom is 0.446 e. The van der Waals surface area contributed by atoms with Crippen molar-refractivity contribution in [3.05, 3.63) is 51.6 Å². The zero-order valence-corrected chi connectivity index (χ0v) is 18.5. The molecule has 0 radical (unpaired) electrons. The van der Waals surface area contributed by atoms with Crippen molar-refractivity contribution < 1.29 is 36.6 Å². The van der Waals surface area contributed by atoms with Crippen LogP contribution in [0, 0.1) is 11.3 Å². The minimum Gasteiger partial charge on any atom is -0.508 e. The minimum absolute atomic E-state index is 0.244. The summed E-state index contributed by atoms with van der Waals surface area (Å²) < 4.78 is 80.6. The highest BCUT2D eigenvalue weighted by Crippen LogP contribution is 2.47. The molecular weight excluding hydrogens is 533 g/mol. The van der Waals surface area contributed by atoms with E-state index in [1.54, 1.807) is 0 Å². The van der Waals surface area contributed by atoms with Gasteiger partial charge in [-0.1, -0.05) is 33.0 Å². The largest absolute Gasteiger partial charge is 0.508 e. The summed E-state index contributed by atoms with van der Waals surface area (Å²) >= 11 is 11.3. The molecule has 0 bridgehead atoms. The first kappa shape index (κ1) is 25.5. The van der Waals surface area contributed by atoms with Gasteiger partial charge in [0.15, 0.2) is 17.1 Å². The normalized spacial score (nSPS) is 12.0. The van der Waals surface area contributed by atoms with Crippen molar-refractivity contribution in [3.8, 4) is 23.3 Å². The average Bonchev–Trinajstić information content (AvgIpc) is 3.02. The predicted molar refractivity (Wildman–Crippen MR) is 114 cm³/mol. The second-order valence-corrected chi connectivity index (χ2v) is 8.35. The average molecular weight is 542 g/mol. The highest BCUT2D eigenvalue weighted by atomic mass is 35.5. The number of alkyl halides is 6. The van der Waals surface area contributed by atoms with E-state index in [2.05, 4.69) is 11.8 Å². The summed E-state index contributed by atoms with van der Waals surface area (Å²) in [4.78, 5) is -0.787. The molecule has 0 atom stereocenters. The molecule has 0 saturated heterocycles. The number of halogens is 8. The Morgan fingerprint density at radius 3 is 2.12 bits per heavy atom. The molecule has 0 unspecified atom stereocenters. The molecule has 34 heavy (non-hydrogen) atoms. The molecule has 6 nitrogen and oxygen atoms in total. The lowest BCUT2D eigenvalue weighted by Crippen LogP contribution is -2.12. The molecule has 0 amide bonds. The minimum atomic E-state index is -4.92. The molecule has 0 aliphatic carbocycles. The van der Waals surface area contributed by atoms with Crippen LogP contribution in [0.5, 0.6) is 11.5 Å². The maximum absolute atomic E-state index is 13.3. The Hall–Kier alpha value is -3.08. The van der Waals surface area contributed by atoms with Crippen LogP contribution >= 0.6 is 35.0 Å². The number of rotatable bonds is 4. The van der Waals surface area contributed by atoms with Gasteiger partial charge >= 0.3 is 17.5 Å². The van der Waals surface area contributed by atoms with Crippen molar-refractivity contribution in [2.75, 3.05) is 0 Å². The van der Waals surface area contributed by atoms with Crippen LogP contribution in [-0.4, -0.2) is 32.2 Å². The van der Waals surface area contributed by atoms with Gasteiger partial charge in [-0.3, -0.25) is 0 Å². The molecule has 0 spiro atoms. The number of thioether (sulfide) groups is 1. The molecule has 3 aromatic rings. The third-order valence-corrected chi connectivity index (χ3v) is 5.59. The van der Waals surface area contributed by atoms with Crippen molar-refractivity contribution in [2.45, 2.75) is 16.6 Å². The monoisotopic (exact) mass is 541 g/mol. The van der Waals surface area contributed by atoms with Crippen LogP contribution in [0.2, 0.25) is 10.0 Å². The fourth-order valence-corrected chi connectivity index (χ4v) is 4.21. The molecular formula is C19H9Cl2F6N4O2S+. The van der Waals surface area contributed by atoms with Crippen molar-refractivity contribution in [1.82, 2.24) is 14.4 Å². The molecule has 0 fully saturated rings. The second kappa shape index (κ2) is 8.94. The van der Waals surface area contributed by atoms with Crippen LogP contribution in [0.3, 0.4) is 0 Å². The fraction of sp³-hybridized carbons (Fsp3) is 0.105. The van der Waals surface area contributed by atoms with Gasteiger partial charge in [0.05, 0.1) is 22.3 Å². The predicted octanol–water partition coefficient (Wildman–Crippen LogP) is 6.63. The standard InChI is InChI=1S/C19H8Cl2F6N4O2S/c1-30(13-3-2-9(32)6-14(13)33)17-16(34-19(25,26)27)12(7-28)29-31(17)15-10(20)4-8(5-11(15)21)18(22,23)24/h2-6H,1H2,(H-,32,33)/p+1. The van der Waals surface area contributed by atoms with Gasteiger partial charge in [-0.25, -0.2) is 0 Å². The van der Waals surface area contributed by atoms with E-state index in [4.69, 9.17) is 23.2 Å². The fourth-order valence-electron chi connectivity index (χ4n) is 2.86. The molecule has 0 aliphatic heterocycles. The van der Waals surface area contributed by atoms with Crippen LogP contribution in [-0.2, 0) is 6.18 Å². The number of nitrogens with zero attached hydrogens (tertiary/aromatic N) is 4. The molecule has 1 heterocycles. The molecule has 15 heteroatoms. The highest BCUT2D eigenvalue weighted by Gasteiger charge is 2.41. The van der Waals surface area contributed by atoms with Crippen molar-refractivity contribution >= 4 is 53.2 Å². The first-order chi connectivity index (χ1) is 15.6. The maximum atomic E-state index is 13.3. The zero-order chi connectivity index (χ0) is 25.6. The van der Waals surface area contributed by atoms with Crippen molar-refractivity contribution in [3.63, 3.8) is 0 Å². The lowest BCUT2D eigenvalue weighted by molar-refractivity contribution is -0.137. The number of benzene rings is 2. The van der Waals surface area contributed by atoms with E-state index in [1.807, 2.05) is 0 Å². The molecule has 178 valence electrons. The first-order valence-corrected chi connectivity index (χ1v) is 10.2. The van der Waals surface area contributed by atoms with Gasteiger partial charge in [0.25, 0.3) is 0 Å². The van der Waals surface area contributed by atoms with Gasteiger partial charge in [0.1, 0.15) is 16.7 Å². The third kappa shape index (κ3) is 5.03. The van der Waals surface area contributed by atoms with E-state index in [1.165, 1.54) is 6.07 Å². The van der Waals surface area contributed by atoms with Crippen LogP contribution in [0.15, 0.2) is 35.2 Å². The quantitative estimate of drug-likeness (QED) is 0.167. The molecule has 0 saturated carbocycles. The van der Waals surface area contributed by atoms with Gasteiger partial charge < -0.3 is 10.2 Å². The number of hydrogen-bond acceptors (Lipinski definition) is 5. The number of phenolic OH excluding ortho intramolecular Hbond substituents is 2. The van der Waals surface area contributed by atoms with Crippen LogP contribution in [0.1, 0.15) is 11.3 Å². The van der Waals surface area contributed by atoms with E-state index in [-0.39, 0.29) is 11.4 Å². The lowest BCUT2D eigenvalue weighted by Gasteiger charge is -2.12. The zero-order valence-electron chi connectivity index (χ0n) is 16.2. The number of phenols is 2. The number of aromatic hydroxyl groups is 2. The van der Waals surface area contributed by atoms with Crippen LogP contribution in [0.25, 0.3) is 5.69 Å². The van der Waals surface area contributed by atoms with E-state index in [0.29, 0.717) is 16.8 Å². The first-order valence-electron chi connectivity index (χ1n) is 8.62. The lowest BCUT2D eigenvalue weighted by atomic mass is 10.2. The van der Waals surface area contributed by atoms with Gasteiger partial charge in [0, 0.05) is 6.07 Å². The van der Waals surface area contributed by atoms with Gasteiger partial charge in [-0.15, -0.1) is 0 Å². The summed E-state index contributed by atoms with van der Waals surface area (Å²) in [5, 5.41) is 31.5. The highest BCUT2D eigenvalue weighted by molar-refractivity contribution is 8.00. The van der Waals surface area contributed by atoms with Crippen molar-refractivity contribution in [2.24, 2.45) is 0 Å². The van der Waals surface area contributed by atoms with Gasteiger partial charge in [0.2, 0.25) is 5.69 Å². The Bertz CT molecular complexity index is 1330. The number of hydrogen-bond donors (Lipinski definition) is 2. The summed E-state index contributed by atoms with van der Waals surface area (Å²) in [5.41, 5.74) is -7.63. The summed E-state index contributed by atoms with van der Waals surface area (Å²) in [7, 11) is 0. The van der Waals surface area contributed by atoms with Gasteiger partial charge in [-0.2, -0.15) is 36.2 Å². The molecule has 0 aliphatic rings. The SMILES string of the molecule is C=[N+](c1ccc(O)cc1O)c1c(SC(F)(F)F)c(C#N)nn1-c1c(Cl)cc(C(F)(F)F)cc1Cl. The van der Waals surface area contributed by atoms with Gasteiger partial charge in [-0.05, 0) is 36.0 Å². The molecule has 2 aromatic carbocycles. The van der Waals surface area contributed by atoms with Crippen LogP contribution < -0.4 is 4.58 Å². The van der Waals surface area contributed by atoms with Crippen LogP contribution in [0.4, 0.5) is 37.8 Å². The Morgan fingerprint density at radius 2 is 1.65 bits per heavy atom. The van der Waals surface area contributed by atoms with E-state index >= 15 is 0 Å². The summed E-state index contributed by atoms with van der Waals surface area (Å²) in [6, 6.07) is 5.51. The third-order valence-electron chi connectivity index (χ3n) is 4.20. The molecule has 2 N–H and O–H groups in total. The van der Waals surface area contributed by atoms with Crippen molar-refractivity contribution in [1.29, 1.82) is 5.26 Å². The Balaban J connectivity index is 2.37. The number of aromatic nitrogens is 2. The number of nitriles is 1. The second-order valence-electron chi connectivity index (χ2n) is 6.46. The molecule has 1 aromatic heterocycles. The Morgan fingerprint density at radius 1 is 1.06 bits per heavy atom. The smallest absolute Gasteiger partial charge is 0.446 e. The topological polar surface area (TPSA) is 85.1 Å². The Labute approximate surface area is 200 Å². The molecule has 3 rings (SSSR count). The summed E-state index contributed by atoms with van der Waals surface area (Å²) in [6.07, 6.45) is -4.83. The van der Waals surface area contributed by atoms with E-state index in [0.717, 1.165) is 22.8 Å². The van der Waals surface area contributed by atoms with E-state index < -0.39 is 66.9 Å². The Kier molecular flexibility index (Phi) is 6.71. The summed E-state index contributed by atoms with van der Waals surface area (Å²) in [5.74, 6) is -1.59. The van der Waals surface area contributed by atoms with E-state index in [9.17, 15) is 41.8 Å².